The monoisotopic (exact) mass is 395 g/mol. The first-order chi connectivity index (χ1) is 13.5. The van der Waals surface area contributed by atoms with Crippen LogP contribution in [0.15, 0.2) is 48.0 Å². The molecule has 0 bridgehead atoms. The van der Waals surface area contributed by atoms with Crippen molar-refractivity contribution in [1.82, 2.24) is 4.98 Å². The van der Waals surface area contributed by atoms with Gasteiger partial charge in [0.05, 0.1) is 25.6 Å². The molecule has 0 unspecified atom stereocenters. The zero-order valence-corrected chi connectivity index (χ0v) is 16.4. The normalized spacial score (nSPS) is 11.0. The molecule has 0 atom stereocenters. The molecule has 0 fully saturated rings. The van der Waals surface area contributed by atoms with Crippen molar-refractivity contribution in [2.24, 2.45) is 0 Å². The van der Waals surface area contributed by atoms with Gasteiger partial charge in [0.1, 0.15) is 22.5 Å². The predicted molar refractivity (Wildman–Crippen MR) is 109 cm³/mol. The number of rotatable bonds is 6. The largest absolute Gasteiger partial charge is 0.493 e. The summed E-state index contributed by atoms with van der Waals surface area (Å²) in [7, 11) is 3.15. The topological polar surface area (TPSA) is 67.2 Å². The van der Waals surface area contributed by atoms with Crippen molar-refractivity contribution in [3.8, 4) is 28.8 Å². The summed E-state index contributed by atoms with van der Waals surface area (Å²) in [6, 6.07) is 12.4. The number of anilines is 1. The van der Waals surface area contributed by atoms with Crippen molar-refractivity contribution >= 4 is 22.6 Å². The molecule has 1 N–H and O–H groups in total. The second kappa shape index (κ2) is 8.55. The van der Waals surface area contributed by atoms with E-state index in [1.54, 1.807) is 32.4 Å². The Kier molecular flexibility index (Phi) is 5.92. The summed E-state index contributed by atoms with van der Waals surface area (Å²) in [5.41, 5.74) is 3.10. The molecule has 0 saturated heterocycles. The van der Waals surface area contributed by atoms with E-state index in [9.17, 15) is 9.65 Å². The standard InChI is InChI=1S/C21H18FN3O2S/c1-13-4-6-16(22)17(8-13)24-11-15(10-23)21-25-18(12-28-21)14-5-7-19(26-2)20(9-14)27-3/h4-9,11-12,24H,1-3H3/b15-11+. The lowest BCUT2D eigenvalue weighted by atomic mass is 10.1. The fourth-order valence-corrected chi connectivity index (χ4v) is 3.36. The minimum absolute atomic E-state index is 0.310. The molecule has 28 heavy (non-hydrogen) atoms. The number of methoxy groups -OCH3 is 2. The maximum atomic E-state index is 13.9. The van der Waals surface area contributed by atoms with E-state index in [1.165, 1.54) is 23.6 Å². The van der Waals surface area contributed by atoms with Crippen LogP contribution >= 0.6 is 11.3 Å². The minimum Gasteiger partial charge on any atom is -0.493 e. The zero-order chi connectivity index (χ0) is 20.1. The average molecular weight is 395 g/mol. The number of nitrogens with one attached hydrogen (secondary N) is 1. The third-order valence-corrected chi connectivity index (χ3v) is 4.90. The number of aromatic nitrogens is 1. The molecule has 3 aromatic rings. The van der Waals surface area contributed by atoms with E-state index in [1.807, 2.05) is 24.4 Å². The number of hydrogen-bond acceptors (Lipinski definition) is 6. The van der Waals surface area contributed by atoms with Crippen LogP contribution in [0.5, 0.6) is 11.5 Å². The molecule has 0 aliphatic carbocycles. The molecule has 0 aliphatic heterocycles. The zero-order valence-electron chi connectivity index (χ0n) is 15.6. The number of ether oxygens (including phenoxy) is 2. The highest BCUT2D eigenvalue weighted by Crippen LogP contribution is 2.33. The Morgan fingerprint density at radius 2 is 1.96 bits per heavy atom. The maximum absolute atomic E-state index is 13.9. The molecule has 5 nitrogen and oxygen atoms in total. The van der Waals surface area contributed by atoms with Gasteiger partial charge in [-0.15, -0.1) is 11.3 Å². The van der Waals surface area contributed by atoms with Crippen LogP contribution in [0.25, 0.3) is 16.8 Å². The fraction of sp³-hybridized carbons (Fsp3) is 0.143. The van der Waals surface area contributed by atoms with Gasteiger partial charge in [0.2, 0.25) is 0 Å². The third kappa shape index (κ3) is 4.13. The number of benzene rings is 2. The van der Waals surface area contributed by atoms with Gasteiger partial charge >= 0.3 is 0 Å². The Balaban J connectivity index is 1.87. The van der Waals surface area contributed by atoms with Crippen LogP contribution < -0.4 is 14.8 Å². The van der Waals surface area contributed by atoms with Gasteiger partial charge in [0, 0.05) is 17.1 Å². The van der Waals surface area contributed by atoms with Gasteiger partial charge in [0.15, 0.2) is 11.5 Å². The van der Waals surface area contributed by atoms with Crippen molar-refractivity contribution in [2.75, 3.05) is 19.5 Å². The summed E-state index contributed by atoms with van der Waals surface area (Å²) in [5, 5.41) is 14.7. The van der Waals surface area contributed by atoms with Gasteiger partial charge < -0.3 is 14.8 Å². The Morgan fingerprint density at radius 1 is 1.18 bits per heavy atom. The quantitative estimate of drug-likeness (QED) is 0.577. The van der Waals surface area contributed by atoms with Crippen LogP contribution in [-0.4, -0.2) is 19.2 Å². The Morgan fingerprint density at radius 3 is 2.68 bits per heavy atom. The Labute approximate surface area is 166 Å². The number of allylic oxidation sites excluding steroid dienone is 1. The highest BCUT2D eigenvalue weighted by molar-refractivity contribution is 7.11. The highest BCUT2D eigenvalue weighted by atomic mass is 32.1. The minimum atomic E-state index is -0.385. The molecule has 2 aromatic carbocycles. The van der Waals surface area contributed by atoms with E-state index in [0.29, 0.717) is 33.5 Å². The first-order valence-corrected chi connectivity index (χ1v) is 9.25. The molecular weight excluding hydrogens is 377 g/mol. The summed E-state index contributed by atoms with van der Waals surface area (Å²) in [5.74, 6) is 0.843. The number of nitrogens with zero attached hydrogens (tertiary/aromatic N) is 2. The summed E-state index contributed by atoms with van der Waals surface area (Å²) in [6.07, 6.45) is 1.47. The van der Waals surface area contributed by atoms with Crippen LogP contribution in [0.2, 0.25) is 0 Å². The first-order valence-electron chi connectivity index (χ1n) is 8.37. The molecule has 0 radical (unpaired) electrons. The lowest BCUT2D eigenvalue weighted by Crippen LogP contribution is -1.95. The molecule has 7 heteroatoms. The summed E-state index contributed by atoms with van der Waals surface area (Å²) < 4.78 is 24.4. The predicted octanol–water partition coefficient (Wildman–Crippen LogP) is 5.25. The van der Waals surface area contributed by atoms with Gasteiger partial charge in [-0.25, -0.2) is 9.37 Å². The van der Waals surface area contributed by atoms with Crippen molar-refractivity contribution in [1.29, 1.82) is 5.26 Å². The van der Waals surface area contributed by atoms with E-state index in [0.717, 1.165) is 11.1 Å². The highest BCUT2D eigenvalue weighted by Gasteiger charge is 2.12. The van der Waals surface area contributed by atoms with Crippen LogP contribution in [0.1, 0.15) is 10.6 Å². The number of aryl methyl sites for hydroxylation is 1. The smallest absolute Gasteiger partial charge is 0.161 e. The van der Waals surface area contributed by atoms with E-state index in [4.69, 9.17) is 9.47 Å². The van der Waals surface area contributed by atoms with Crippen LogP contribution in [-0.2, 0) is 0 Å². The van der Waals surface area contributed by atoms with Gasteiger partial charge in [-0.05, 0) is 42.8 Å². The molecule has 0 aliphatic rings. The van der Waals surface area contributed by atoms with Crippen molar-refractivity contribution in [3.05, 3.63) is 64.4 Å². The van der Waals surface area contributed by atoms with Crippen molar-refractivity contribution in [2.45, 2.75) is 6.92 Å². The average Bonchev–Trinajstić information content (AvgIpc) is 3.20. The molecule has 0 spiro atoms. The molecule has 1 heterocycles. The van der Waals surface area contributed by atoms with Crippen LogP contribution in [0.3, 0.4) is 0 Å². The third-order valence-electron chi connectivity index (χ3n) is 4.03. The van der Waals surface area contributed by atoms with Gasteiger partial charge in [0.25, 0.3) is 0 Å². The Hall–Kier alpha value is -3.37. The molecular formula is C21H18FN3O2S. The van der Waals surface area contributed by atoms with Crippen LogP contribution in [0, 0.1) is 24.1 Å². The second-order valence-corrected chi connectivity index (χ2v) is 6.76. The van der Waals surface area contributed by atoms with E-state index in [-0.39, 0.29) is 5.82 Å². The molecule has 0 amide bonds. The lowest BCUT2D eigenvalue weighted by Gasteiger charge is -2.08. The Bertz CT molecular complexity index is 1070. The maximum Gasteiger partial charge on any atom is 0.161 e. The molecule has 142 valence electrons. The van der Waals surface area contributed by atoms with Gasteiger partial charge in [-0.2, -0.15) is 5.26 Å². The number of nitriles is 1. The van der Waals surface area contributed by atoms with E-state index < -0.39 is 0 Å². The number of halogens is 1. The molecule has 1 aromatic heterocycles. The van der Waals surface area contributed by atoms with Crippen LogP contribution in [0.4, 0.5) is 10.1 Å². The van der Waals surface area contributed by atoms with E-state index in [2.05, 4.69) is 16.4 Å². The summed E-state index contributed by atoms with van der Waals surface area (Å²) in [6.45, 7) is 1.87. The number of hydrogen-bond donors (Lipinski definition) is 1. The summed E-state index contributed by atoms with van der Waals surface area (Å²) in [4.78, 5) is 4.53. The van der Waals surface area contributed by atoms with Crippen molar-refractivity contribution < 1.29 is 13.9 Å². The fourth-order valence-electron chi connectivity index (χ4n) is 2.57. The van der Waals surface area contributed by atoms with E-state index >= 15 is 0 Å². The molecule has 0 saturated carbocycles. The second-order valence-electron chi connectivity index (χ2n) is 5.91. The van der Waals surface area contributed by atoms with Crippen molar-refractivity contribution in [3.63, 3.8) is 0 Å². The van der Waals surface area contributed by atoms with Gasteiger partial charge in [-0.3, -0.25) is 0 Å². The SMILES string of the molecule is COc1ccc(-c2csc(/C(C#N)=C/Nc3cc(C)ccc3F)n2)cc1OC. The molecule has 3 rings (SSSR count). The van der Waals surface area contributed by atoms with Gasteiger partial charge in [-0.1, -0.05) is 6.07 Å². The summed E-state index contributed by atoms with van der Waals surface area (Å²) >= 11 is 1.34. The lowest BCUT2D eigenvalue weighted by molar-refractivity contribution is 0.355. The first kappa shape index (κ1) is 19.4. The number of thiazole rings is 1.